The molecule has 3 nitrogen and oxygen atoms in total. The minimum absolute atomic E-state index is 0.696. The maximum Gasteiger partial charge on any atom is 0.0573 e. The van der Waals surface area contributed by atoms with Gasteiger partial charge in [-0.05, 0) is 43.6 Å². The monoisotopic (exact) mass is 273 g/mol. The zero-order valence-electron chi connectivity index (χ0n) is 12.7. The van der Waals surface area contributed by atoms with Gasteiger partial charge >= 0.3 is 0 Å². The summed E-state index contributed by atoms with van der Waals surface area (Å²) in [5, 5.41) is 3.43. The van der Waals surface area contributed by atoms with Gasteiger partial charge in [0.1, 0.15) is 0 Å². The first kappa shape index (κ1) is 13.7. The van der Waals surface area contributed by atoms with E-state index in [1.54, 1.807) is 0 Å². The lowest BCUT2D eigenvalue weighted by Gasteiger charge is -2.40. The average molecular weight is 273 g/mol. The fourth-order valence-electron chi connectivity index (χ4n) is 3.83. The Morgan fingerprint density at radius 1 is 1.15 bits per heavy atom. The third kappa shape index (κ3) is 2.92. The molecule has 3 heteroatoms. The van der Waals surface area contributed by atoms with Gasteiger partial charge in [0.05, 0.1) is 23.8 Å². The predicted molar refractivity (Wildman–Crippen MR) is 85.4 cm³/mol. The number of piperidine rings is 1. The van der Waals surface area contributed by atoms with E-state index in [0.717, 1.165) is 18.7 Å². The molecule has 0 aromatic carbocycles. The van der Waals surface area contributed by atoms with Gasteiger partial charge in [0.25, 0.3) is 0 Å². The van der Waals surface area contributed by atoms with Gasteiger partial charge in [-0.25, -0.2) is 0 Å². The summed E-state index contributed by atoms with van der Waals surface area (Å²) in [4.78, 5) is 6.92. The van der Waals surface area contributed by atoms with Crippen molar-refractivity contribution < 1.29 is 0 Å². The summed E-state index contributed by atoms with van der Waals surface area (Å²) in [7, 11) is 0. The van der Waals surface area contributed by atoms with Gasteiger partial charge in [0.2, 0.25) is 0 Å². The number of rotatable bonds is 4. The van der Waals surface area contributed by atoms with Crippen molar-refractivity contribution in [1.29, 1.82) is 0 Å². The molecule has 2 aliphatic rings. The van der Waals surface area contributed by atoms with Gasteiger partial charge in [-0.15, -0.1) is 0 Å². The molecule has 0 bridgehead atoms. The van der Waals surface area contributed by atoms with Crippen LogP contribution in [0.3, 0.4) is 0 Å². The van der Waals surface area contributed by atoms with Crippen molar-refractivity contribution in [3.8, 4) is 0 Å². The maximum absolute atomic E-state index is 4.40. The Hall–Kier alpha value is -1.25. The van der Waals surface area contributed by atoms with Crippen LogP contribution >= 0.6 is 0 Å². The minimum Gasteiger partial charge on any atom is -0.384 e. The summed E-state index contributed by atoms with van der Waals surface area (Å²) in [6.07, 6.45) is 13.7. The molecule has 0 amide bonds. The quantitative estimate of drug-likeness (QED) is 0.896. The SMILES string of the molecule is CCCNc1cncc(N2CCC3(CCCC3)CC2)c1. The molecule has 2 heterocycles. The van der Waals surface area contributed by atoms with E-state index >= 15 is 0 Å². The Bertz CT molecular complexity index is 428. The largest absolute Gasteiger partial charge is 0.384 e. The van der Waals surface area contributed by atoms with E-state index < -0.39 is 0 Å². The number of pyridine rings is 1. The first-order valence-electron chi connectivity index (χ1n) is 8.25. The van der Waals surface area contributed by atoms with E-state index in [2.05, 4.69) is 28.2 Å². The highest BCUT2D eigenvalue weighted by Gasteiger charge is 2.36. The van der Waals surface area contributed by atoms with Crippen LogP contribution in [0.4, 0.5) is 11.4 Å². The van der Waals surface area contributed by atoms with Gasteiger partial charge in [-0.2, -0.15) is 0 Å². The van der Waals surface area contributed by atoms with E-state index in [1.165, 1.54) is 57.3 Å². The van der Waals surface area contributed by atoms with Crippen LogP contribution in [0.2, 0.25) is 0 Å². The number of hydrogen-bond acceptors (Lipinski definition) is 3. The van der Waals surface area contributed by atoms with Crippen LogP contribution in [0.1, 0.15) is 51.9 Å². The Morgan fingerprint density at radius 2 is 1.90 bits per heavy atom. The van der Waals surface area contributed by atoms with Crippen LogP contribution in [0, 0.1) is 5.41 Å². The second-order valence-electron chi connectivity index (χ2n) is 6.55. The number of aromatic nitrogens is 1. The van der Waals surface area contributed by atoms with E-state index in [0.29, 0.717) is 5.41 Å². The molecule has 1 N–H and O–H groups in total. The van der Waals surface area contributed by atoms with Gasteiger partial charge in [-0.1, -0.05) is 19.8 Å². The second-order valence-corrected chi connectivity index (χ2v) is 6.55. The summed E-state index contributed by atoms with van der Waals surface area (Å²) >= 11 is 0. The van der Waals surface area contributed by atoms with Gasteiger partial charge < -0.3 is 10.2 Å². The zero-order valence-corrected chi connectivity index (χ0v) is 12.7. The molecular formula is C17H27N3. The lowest BCUT2D eigenvalue weighted by atomic mass is 9.77. The molecule has 1 aliphatic heterocycles. The van der Waals surface area contributed by atoms with E-state index in [1.807, 2.05) is 12.4 Å². The van der Waals surface area contributed by atoms with E-state index in [9.17, 15) is 0 Å². The molecule has 3 rings (SSSR count). The second kappa shape index (κ2) is 6.02. The Morgan fingerprint density at radius 3 is 2.60 bits per heavy atom. The highest BCUT2D eigenvalue weighted by atomic mass is 15.1. The Kier molecular flexibility index (Phi) is 4.13. The number of nitrogens with one attached hydrogen (secondary N) is 1. The van der Waals surface area contributed by atoms with Crippen LogP contribution < -0.4 is 10.2 Å². The molecule has 0 atom stereocenters. The normalized spacial score (nSPS) is 21.4. The molecule has 1 saturated heterocycles. The third-order valence-electron chi connectivity index (χ3n) is 5.16. The summed E-state index contributed by atoms with van der Waals surface area (Å²) in [5.74, 6) is 0. The van der Waals surface area contributed by atoms with Crippen molar-refractivity contribution in [2.75, 3.05) is 29.9 Å². The van der Waals surface area contributed by atoms with Crippen LogP contribution in [-0.2, 0) is 0 Å². The van der Waals surface area contributed by atoms with E-state index in [-0.39, 0.29) is 0 Å². The highest BCUT2D eigenvalue weighted by Crippen LogP contribution is 2.46. The first-order valence-corrected chi connectivity index (χ1v) is 8.25. The number of anilines is 2. The summed E-state index contributed by atoms with van der Waals surface area (Å²) in [6.45, 7) is 5.63. The van der Waals surface area contributed by atoms with E-state index in [4.69, 9.17) is 0 Å². The van der Waals surface area contributed by atoms with Crippen molar-refractivity contribution >= 4 is 11.4 Å². The topological polar surface area (TPSA) is 28.2 Å². The molecule has 20 heavy (non-hydrogen) atoms. The molecule has 2 fully saturated rings. The maximum atomic E-state index is 4.40. The summed E-state index contributed by atoms with van der Waals surface area (Å²) in [6, 6.07) is 2.26. The average Bonchev–Trinajstić information content (AvgIpc) is 2.94. The van der Waals surface area contributed by atoms with Crippen LogP contribution in [0.25, 0.3) is 0 Å². The smallest absolute Gasteiger partial charge is 0.0573 e. The molecule has 1 spiro atoms. The van der Waals surface area contributed by atoms with Gasteiger partial charge in [0.15, 0.2) is 0 Å². The summed E-state index contributed by atoms with van der Waals surface area (Å²) < 4.78 is 0. The van der Waals surface area contributed by atoms with Crippen molar-refractivity contribution in [2.45, 2.75) is 51.9 Å². The van der Waals surface area contributed by atoms with Crippen molar-refractivity contribution in [3.63, 3.8) is 0 Å². The zero-order chi connectivity index (χ0) is 13.8. The molecule has 1 aliphatic carbocycles. The molecule has 0 radical (unpaired) electrons. The number of hydrogen-bond donors (Lipinski definition) is 1. The number of nitrogens with zero attached hydrogens (tertiary/aromatic N) is 2. The van der Waals surface area contributed by atoms with Crippen LogP contribution in [0.5, 0.6) is 0 Å². The van der Waals surface area contributed by atoms with Crippen molar-refractivity contribution in [2.24, 2.45) is 5.41 Å². The highest BCUT2D eigenvalue weighted by molar-refractivity contribution is 5.55. The third-order valence-corrected chi connectivity index (χ3v) is 5.16. The molecular weight excluding hydrogens is 246 g/mol. The van der Waals surface area contributed by atoms with Crippen molar-refractivity contribution in [3.05, 3.63) is 18.5 Å². The lowest BCUT2D eigenvalue weighted by Crippen LogP contribution is -2.38. The fraction of sp³-hybridized carbons (Fsp3) is 0.706. The van der Waals surface area contributed by atoms with Gasteiger partial charge in [0, 0.05) is 19.6 Å². The van der Waals surface area contributed by atoms with Crippen LogP contribution in [0.15, 0.2) is 18.5 Å². The summed E-state index contributed by atoms with van der Waals surface area (Å²) in [5.41, 5.74) is 3.14. The lowest BCUT2D eigenvalue weighted by molar-refractivity contribution is 0.226. The van der Waals surface area contributed by atoms with Gasteiger partial charge in [-0.3, -0.25) is 4.98 Å². The van der Waals surface area contributed by atoms with Crippen molar-refractivity contribution in [1.82, 2.24) is 4.98 Å². The Labute approximate surface area is 122 Å². The molecule has 110 valence electrons. The standard InChI is InChI=1S/C17H27N3/c1-2-9-19-15-12-16(14-18-13-15)20-10-7-17(8-11-20)5-3-4-6-17/h12-14,19H,2-11H2,1H3. The fourth-order valence-corrected chi connectivity index (χ4v) is 3.83. The first-order chi connectivity index (χ1) is 9.81. The Balaban J connectivity index is 1.62. The minimum atomic E-state index is 0.696. The molecule has 0 unspecified atom stereocenters. The molecule has 1 aromatic rings. The molecule has 1 aromatic heterocycles. The molecule has 1 saturated carbocycles. The van der Waals surface area contributed by atoms with Crippen LogP contribution in [-0.4, -0.2) is 24.6 Å². The predicted octanol–water partition coefficient (Wildman–Crippen LogP) is 4.06.